The van der Waals surface area contributed by atoms with E-state index in [1.165, 1.54) is 22.3 Å². The van der Waals surface area contributed by atoms with Crippen molar-refractivity contribution >= 4 is 65.4 Å². The predicted molar refractivity (Wildman–Crippen MR) is 403 cm³/mol. The molecule has 7 heteroatoms. The molecule has 0 bridgehead atoms. The maximum atomic E-state index is 5.89. The second kappa shape index (κ2) is 23.2. The Labute approximate surface area is 562 Å². The minimum atomic E-state index is 0.535. The second-order valence-electron chi connectivity index (χ2n) is 25.7. The molecule has 5 aromatic heterocycles. The Kier molecular flexibility index (Phi) is 13.6. The van der Waals surface area contributed by atoms with Gasteiger partial charge in [0.1, 0.15) is 0 Å². The van der Waals surface area contributed by atoms with Gasteiger partial charge in [-0.3, -0.25) is 0 Å². The Morgan fingerprint density at radius 1 is 0.196 bits per heavy atom. The molecule has 0 aliphatic rings. The normalized spacial score (nSPS) is 11.7. The van der Waals surface area contributed by atoms with Crippen LogP contribution >= 0.6 is 0 Å². The Balaban J connectivity index is 1.14. The predicted octanol–water partition coefficient (Wildman–Crippen LogP) is 23.1. The monoisotopic (exact) mass is 1240 g/mol. The first kappa shape index (κ1) is 57.1. The lowest BCUT2D eigenvalue weighted by atomic mass is 9.98. The topological polar surface area (TPSA) is 66.3 Å². The molecule has 0 aliphatic heterocycles. The van der Waals surface area contributed by atoms with Crippen LogP contribution in [-0.4, -0.2) is 33.6 Å². The van der Waals surface area contributed by atoms with Crippen LogP contribution in [0.25, 0.3) is 173 Å². The maximum Gasteiger partial charge on any atom is 0.162 e. The van der Waals surface area contributed by atoms with Crippen LogP contribution in [0, 0.1) is 27.7 Å². The second-order valence-corrected chi connectivity index (χ2v) is 25.7. The molecule has 0 radical (unpaired) electrons. The van der Waals surface area contributed by atoms with Gasteiger partial charge in [0.25, 0.3) is 0 Å². The minimum absolute atomic E-state index is 0.535. The van der Waals surface area contributed by atoms with Gasteiger partial charge in [0.2, 0.25) is 0 Å². The first-order chi connectivity index (χ1) is 47.7. The molecule has 458 valence electrons. The smallest absolute Gasteiger partial charge is 0.162 e. The largest absolute Gasteiger partial charge is 0.306 e. The number of aryl methyl sites for hydroxylation is 4. The lowest BCUT2D eigenvalue weighted by Gasteiger charge is -2.27. The molecule has 97 heavy (non-hydrogen) atoms. The summed E-state index contributed by atoms with van der Waals surface area (Å²) in [6.07, 6.45) is 0. The fourth-order valence-corrected chi connectivity index (χ4v) is 14.7. The summed E-state index contributed by atoms with van der Waals surface area (Å²) in [5.74, 6) is 1.07. The van der Waals surface area contributed by atoms with Crippen molar-refractivity contribution in [2.45, 2.75) is 27.7 Å². The van der Waals surface area contributed by atoms with Gasteiger partial charge in [-0.2, -0.15) is 0 Å². The van der Waals surface area contributed by atoms with Gasteiger partial charge < -0.3 is 13.7 Å². The Morgan fingerprint density at radius 2 is 0.433 bits per heavy atom. The van der Waals surface area contributed by atoms with E-state index in [0.29, 0.717) is 11.6 Å². The summed E-state index contributed by atoms with van der Waals surface area (Å²) >= 11 is 0. The van der Waals surface area contributed by atoms with E-state index in [1.807, 2.05) is 0 Å². The van der Waals surface area contributed by atoms with Crippen molar-refractivity contribution in [3.63, 3.8) is 0 Å². The number of nitrogens with zero attached hydrogens (tertiary/aromatic N) is 7. The molecule has 13 aromatic carbocycles. The summed E-state index contributed by atoms with van der Waals surface area (Å²) in [4.78, 5) is 23.6. The van der Waals surface area contributed by atoms with Crippen LogP contribution in [0.5, 0.6) is 0 Å². The van der Waals surface area contributed by atoms with E-state index in [1.54, 1.807) is 0 Å². The summed E-state index contributed by atoms with van der Waals surface area (Å²) in [6.45, 7) is 8.78. The molecule has 0 aliphatic carbocycles. The van der Waals surface area contributed by atoms with Gasteiger partial charge in [-0.1, -0.05) is 241 Å². The van der Waals surface area contributed by atoms with Crippen molar-refractivity contribution in [2.24, 2.45) is 0 Å². The Bertz CT molecular complexity index is 5530. The van der Waals surface area contributed by atoms with Crippen molar-refractivity contribution in [2.75, 3.05) is 0 Å². The van der Waals surface area contributed by atoms with Crippen LogP contribution in [0.2, 0.25) is 0 Å². The van der Waals surface area contributed by atoms with Gasteiger partial charge in [-0.25, -0.2) is 19.9 Å². The van der Waals surface area contributed by atoms with E-state index in [0.717, 1.165) is 161 Å². The maximum absolute atomic E-state index is 5.89. The fourth-order valence-electron chi connectivity index (χ4n) is 14.7. The van der Waals surface area contributed by atoms with Crippen molar-refractivity contribution < 1.29 is 0 Å². The molecule has 0 N–H and O–H groups in total. The number of hydrogen-bond acceptors (Lipinski definition) is 4. The van der Waals surface area contributed by atoms with E-state index >= 15 is 0 Å². The fraction of sp³-hybridized carbons (Fsp3) is 0.0444. The molecular formula is C90H63N7. The first-order valence-electron chi connectivity index (χ1n) is 33.2. The summed E-state index contributed by atoms with van der Waals surface area (Å²) in [5, 5.41) is 6.76. The minimum Gasteiger partial charge on any atom is -0.306 e. The van der Waals surface area contributed by atoms with Crippen molar-refractivity contribution in [1.82, 2.24) is 33.6 Å². The van der Waals surface area contributed by atoms with E-state index in [9.17, 15) is 0 Å². The highest BCUT2D eigenvalue weighted by Crippen LogP contribution is 2.51. The lowest BCUT2D eigenvalue weighted by molar-refractivity contribution is 1.04. The van der Waals surface area contributed by atoms with Gasteiger partial charge in [0.15, 0.2) is 11.6 Å². The third-order valence-electron chi connectivity index (χ3n) is 19.3. The molecule has 0 atom stereocenters. The summed E-state index contributed by atoms with van der Waals surface area (Å²) in [6, 6.07) is 112. The zero-order chi connectivity index (χ0) is 64.8. The van der Waals surface area contributed by atoms with E-state index < -0.39 is 0 Å². The van der Waals surface area contributed by atoms with Gasteiger partial charge in [0, 0.05) is 65.7 Å². The molecule has 0 unspecified atom stereocenters. The van der Waals surface area contributed by atoms with Crippen molar-refractivity contribution in [3.05, 3.63) is 332 Å². The highest BCUT2D eigenvalue weighted by molar-refractivity contribution is 6.17. The highest BCUT2D eigenvalue weighted by atomic mass is 15.1. The van der Waals surface area contributed by atoms with Crippen LogP contribution in [0.1, 0.15) is 22.3 Å². The Morgan fingerprint density at radius 3 is 0.711 bits per heavy atom. The lowest BCUT2D eigenvalue weighted by Crippen LogP contribution is -2.14. The van der Waals surface area contributed by atoms with Crippen LogP contribution in [-0.2, 0) is 0 Å². The number of rotatable bonds is 11. The van der Waals surface area contributed by atoms with E-state index in [4.69, 9.17) is 19.9 Å². The van der Waals surface area contributed by atoms with Crippen LogP contribution in [0.3, 0.4) is 0 Å². The zero-order valence-corrected chi connectivity index (χ0v) is 54.1. The molecule has 18 rings (SSSR count). The molecule has 0 spiro atoms. The molecule has 5 heterocycles. The average Bonchev–Trinajstić information content (AvgIpc) is 1.59. The molecule has 0 amide bonds. The quantitative estimate of drug-likeness (QED) is 0.129. The average molecular weight is 1240 g/mol. The summed E-state index contributed by atoms with van der Waals surface area (Å²) < 4.78 is 7.61. The van der Waals surface area contributed by atoms with Crippen LogP contribution in [0.4, 0.5) is 0 Å². The summed E-state index contributed by atoms with van der Waals surface area (Å²) in [7, 11) is 0. The van der Waals surface area contributed by atoms with E-state index in [2.05, 4.69) is 351 Å². The van der Waals surface area contributed by atoms with Gasteiger partial charge in [-0.05, 0) is 141 Å². The molecule has 7 nitrogen and oxygen atoms in total. The van der Waals surface area contributed by atoms with Crippen LogP contribution < -0.4 is 0 Å². The third-order valence-corrected chi connectivity index (χ3v) is 19.3. The highest BCUT2D eigenvalue weighted by Gasteiger charge is 2.33. The van der Waals surface area contributed by atoms with Crippen molar-refractivity contribution in [1.29, 1.82) is 0 Å². The number of benzene rings is 13. The van der Waals surface area contributed by atoms with Gasteiger partial charge in [-0.15, -0.1) is 0 Å². The number of hydrogen-bond donors (Lipinski definition) is 0. The zero-order valence-electron chi connectivity index (χ0n) is 54.1. The van der Waals surface area contributed by atoms with E-state index in [-0.39, 0.29) is 0 Å². The molecule has 0 saturated carbocycles. The third kappa shape index (κ3) is 9.81. The standard InChI is InChI=1S/C90H63N7/c1-56-35-41-80-68(47-56)69-48-57(2)36-42-81(69)95(80)86-74(89-91-76(62-27-15-7-16-28-62)54-77(92-89)63-29-17-8-18-30-63)53-75(90-93-78(64-31-19-9-20-32-64)55-79(94-90)65-33-21-10-22-34-65)87(96-82-43-37-58(3)49-70(82)71-50-59(4)38-44-83(71)96)88(86)97-84-45-39-66(60-23-11-5-12-24-60)51-72(84)73-52-67(40-46-85(73)97)61-25-13-6-14-26-61/h5-55H,1-4H3. The van der Waals surface area contributed by atoms with Gasteiger partial charge in [0.05, 0.1) is 72.9 Å². The SMILES string of the molecule is Cc1ccc2c(c1)c1cc(C)ccc1n2-c1c(-c2nc(-c3ccccc3)cc(-c3ccccc3)n2)cc(-c2nc(-c3ccccc3)cc(-c3ccccc3)n2)c(-n2c3ccc(C)cc3c3cc(C)ccc32)c1-n1c2ccc(-c3ccccc3)cc2c2cc(-c3ccccc3)ccc21. The Hall–Kier alpha value is -12.6. The van der Waals surface area contributed by atoms with Gasteiger partial charge >= 0.3 is 0 Å². The number of fused-ring (bicyclic) bond motifs is 9. The molecular weight excluding hydrogens is 1180 g/mol. The molecule has 0 fully saturated rings. The van der Waals surface area contributed by atoms with Crippen molar-refractivity contribution in [3.8, 4) is 107 Å². The molecule has 18 aromatic rings. The number of aromatic nitrogens is 7. The first-order valence-corrected chi connectivity index (χ1v) is 33.2. The summed E-state index contributed by atoms with van der Waals surface area (Å²) in [5.41, 5.74) is 26.6. The van der Waals surface area contributed by atoms with Crippen LogP contribution in [0.15, 0.2) is 309 Å². The molecule has 0 saturated heterocycles.